The summed E-state index contributed by atoms with van der Waals surface area (Å²) >= 11 is 0. The molecule has 4 nitrogen and oxygen atoms in total. The zero-order valence-corrected chi connectivity index (χ0v) is 16.3. The molecule has 0 fully saturated rings. The van der Waals surface area contributed by atoms with Crippen molar-refractivity contribution in [1.82, 2.24) is 15.0 Å². The molecule has 1 aromatic carbocycles. The number of hydrogen-bond donors (Lipinski definition) is 0. The van der Waals surface area contributed by atoms with Gasteiger partial charge in [-0.25, -0.2) is 15.0 Å². The molecule has 2 rings (SSSR count). The van der Waals surface area contributed by atoms with Gasteiger partial charge in [-0.3, -0.25) is 0 Å². The second-order valence-electron chi connectivity index (χ2n) is 6.03. The molecule has 0 aliphatic heterocycles. The number of allylic oxidation sites excluding steroid dienone is 9. The lowest BCUT2D eigenvalue weighted by atomic mass is 10.0. The maximum atomic E-state index is 9.09. The SMILES string of the molecule is C=C/C=C\C(=C)c1nc(CC=C)nc(-c2cccc(C(=C)/C=C(/C#N)C=C)c2)n1. The molecule has 0 radical (unpaired) electrons. The summed E-state index contributed by atoms with van der Waals surface area (Å²) in [6.45, 7) is 19.1. The smallest absolute Gasteiger partial charge is 0.163 e. The van der Waals surface area contributed by atoms with E-state index in [1.165, 1.54) is 6.08 Å². The number of benzene rings is 1. The predicted molar refractivity (Wildman–Crippen MR) is 120 cm³/mol. The van der Waals surface area contributed by atoms with E-state index in [4.69, 9.17) is 5.26 Å². The van der Waals surface area contributed by atoms with Gasteiger partial charge >= 0.3 is 0 Å². The molecule has 0 amide bonds. The normalized spacial score (nSPS) is 10.9. The number of hydrogen-bond acceptors (Lipinski definition) is 4. The minimum absolute atomic E-state index is 0.446. The van der Waals surface area contributed by atoms with Crippen molar-refractivity contribution in [1.29, 1.82) is 5.26 Å². The van der Waals surface area contributed by atoms with Crippen LogP contribution in [0.15, 0.2) is 99.2 Å². The molecule has 0 bridgehead atoms. The van der Waals surface area contributed by atoms with Gasteiger partial charge in [0.1, 0.15) is 5.82 Å². The highest BCUT2D eigenvalue weighted by molar-refractivity contribution is 5.77. The zero-order valence-electron chi connectivity index (χ0n) is 16.3. The fourth-order valence-electron chi connectivity index (χ4n) is 2.44. The number of nitriles is 1. The summed E-state index contributed by atoms with van der Waals surface area (Å²) in [5, 5.41) is 9.09. The Balaban J connectivity index is 2.52. The van der Waals surface area contributed by atoms with E-state index in [0.29, 0.717) is 40.6 Å². The molecule has 4 heteroatoms. The summed E-state index contributed by atoms with van der Waals surface area (Å²) in [5.74, 6) is 1.63. The van der Waals surface area contributed by atoms with Gasteiger partial charge in [0.25, 0.3) is 0 Å². The van der Waals surface area contributed by atoms with E-state index in [9.17, 15) is 0 Å². The van der Waals surface area contributed by atoms with Crippen LogP contribution in [0.4, 0.5) is 0 Å². The fourth-order valence-corrected chi connectivity index (χ4v) is 2.44. The van der Waals surface area contributed by atoms with Gasteiger partial charge in [0.05, 0.1) is 11.6 Å². The van der Waals surface area contributed by atoms with Crippen LogP contribution < -0.4 is 0 Å². The van der Waals surface area contributed by atoms with Crippen LogP contribution in [0.25, 0.3) is 22.5 Å². The van der Waals surface area contributed by atoms with Crippen molar-refractivity contribution in [3.05, 3.63) is 116 Å². The van der Waals surface area contributed by atoms with E-state index in [-0.39, 0.29) is 0 Å². The highest BCUT2D eigenvalue weighted by Crippen LogP contribution is 2.23. The van der Waals surface area contributed by atoms with Gasteiger partial charge in [-0.2, -0.15) is 5.26 Å². The van der Waals surface area contributed by atoms with Gasteiger partial charge in [-0.1, -0.05) is 74.9 Å². The largest absolute Gasteiger partial charge is 0.213 e. The first-order valence-electron chi connectivity index (χ1n) is 8.90. The Labute approximate surface area is 172 Å². The first kappa shape index (κ1) is 21.2. The fraction of sp³-hybridized carbons (Fsp3) is 0.0400. The molecule has 0 atom stereocenters. The van der Waals surface area contributed by atoms with Gasteiger partial charge < -0.3 is 0 Å². The molecule has 2 aromatic rings. The van der Waals surface area contributed by atoms with Crippen LogP contribution in [0, 0.1) is 11.3 Å². The summed E-state index contributed by atoms with van der Waals surface area (Å²) < 4.78 is 0. The van der Waals surface area contributed by atoms with Crippen molar-refractivity contribution in [2.24, 2.45) is 0 Å². The Morgan fingerprint density at radius 3 is 2.52 bits per heavy atom. The third-order valence-electron chi connectivity index (χ3n) is 3.90. The molecule has 0 N–H and O–H groups in total. The van der Waals surface area contributed by atoms with E-state index >= 15 is 0 Å². The maximum absolute atomic E-state index is 9.09. The first-order chi connectivity index (χ1) is 14.0. The van der Waals surface area contributed by atoms with Crippen molar-refractivity contribution in [2.75, 3.05) is 0 Å². The van der Waals surface area contributed by atoms with Crippen LogP contribution in [0.1, 0.15) is 17.2 Å². The minimum atomic E-state index is 0.446. The minimum Gasteiger partial charge on any atom is -0.213 e. The van der Waals surface area contributed by atoms with Gasteiger partial charge in [0.2, 0.25) is 0 Å². The molecule has 0 saturated carbocycles. The Kier molecular flexibility index (Phi) is 7.52. The lowest BCUT2D eigenvalue weighted by Gasteiger charge is -2.08. The third kappa shape index (κ3) is 5.69. The van der Waals surface area contributed by atoms with Gasteiger partial charge in [0, 0.05) is 17.6 Å². The maximum Gasteiger partial charge on any atom is 0.163 e. The Bertz CT molecular complexity index is 1080. The summed E-state index contributed by atoms with van der Waals surface area (Å²) in [4.78, 5) is 13.6. The quantitative estimate of drug-likeness (QED) is 0.320. The van der Waals surface area contributed by atoms with E-state index < -0.39 is 0 Å². The van der Waals surface area contributed by atoms with Crippen molar-refractivity contribution in [3.63, 3.8) is 0 Å². The third-order valence-corrected chi connectivity index (χ3v) is 3.90. The lowest BCUT2D eigenvalue weighted by Crippen LogP contribution is -2.04. The van der Waals surface area contributed by atoms with Crippen LogP contribution >= 0.6 is 0 Å². The Morgan fingerprint density at radius 2 is 1.86 bits per heavy atom. The topological polar surface area (TPSA) is 62.5 Å². The first-order valence-corrected chi connectivity index (χ1v) is 8.90. The Morgan fingerprint density at radius 1 is 1.07 bits per heavy atom. The highest BCUT2D eigenvalue weighted by Gasteiger charge is 2.10. The number of rotatable bonds is 9. The van der Waals surface area contributed by atoms with Gasteiger partial charge in [-0.05, 0) is 23.3 Å². The number of aromatic nitrogens is 3. The van der Waals surface area contributed by atoms with Crippen molar-refractivity contribution in [3.8, 4) is 17.5 Å². The molecule has 0 saturated heterocycles. The molecule has 29 heavy (non-hydrogen) atoms. The summed E-state index contributed by atoms with van der Waals surface area (Å²) in [5.41, 5.74) is 3.47. The zero-order chi connectivity index (χ0) is 21.2. The molecule has 0 aliphatic rings. The summed E-state index contributed by atoms with van der Waals surface area (Å²) in [7, 11) is 0. The summed E-state index contributed by atoms with van der Waals surface area (Å²) in [6.07, 6.45) is 10.7. The standard InChI is InChI=1S/C25H22N4/c1-6-9-12-18(4)24-27-23(11-7-2)28-25(29-24)22-14-10-13-21(16-22)19(5)15-20(8-3)17-26/h6-10,12-16H,1-5,11H2/b12-9-,20-15+. The van der Waals surface area contributed by atoms with Gasteiger partial charge in [0.15, 0.2) is 11.6 Å². The predicted octanol–water partition coefficient (Wildman–Crippen LogP) is 5.67. The molecule has 0 unspecified atom stereocenters. The molecule has 142 valence electrons. The van der Waals surface area contributed by atoms with E-state index in [1.54, 1.807) is 30.4 Å². The van der Waals surface area contributed by atoms with Crippen molar-refractivity contribution in [2.45, 2.75) is 6.42 Å². The van der Waals surface area contributed by atoms with Crippen LogP contribution in [0.5, 0.6) is 0 Å². The van der Waals surface area contributed by atoms with Gasteiger partial charge in [-0.15, -0.1) is 6.58 Å². The molecular weight excluding hydrogens is 356 g/mol. The highest BCUT2D eigenvalue weighted by atomic mass is 15.0. The number of nitrogens with zero attached hydrogens (tertiary/aromatic N) is 4. The molecule has 0 aliphatic carbocycles. The van der Waals surface area contributed by atoms with E-state index in [2.05, 4.69) is 53.9 Å². The van der Waals surface area contributed by atoms with Crippen LogP contribution in [0.2, 0.25) is 0 Å². The molecular formula is C25H22N4. The Hall–Kier alpha value is -4.10. The van der Waals surface area contributed by atoms with Crippen molar-refractivity contribution < 1.29 is 0 Å². The van der Waals surface area contributed by atoms with E-state index in [0.717, 1.165) is 11.1 Å². The van der Waals surface area contributed by atoms with Crippen LogP contribution in [-0.4, -0.2) is 15.0 Å². The second kappa shape index (κ2) is 10.3. The van der Waals surface area contributed by atoms with E-state index in [1.807, 2.05) is 24.3 Å². The van der Waals surface area contributed by atoms with Crippen LogP contribution in [-0.2, 0) is 6.42 Å². The van der Waals surface area contributed by atoms with Crippen molar-refractivity contribution >= 4 is 11.1 Å². The average Bonchev–Trinajstić information content (AvgIpc) is 2.75. The average molecular weight is 378 g/mol. The molecule has 1 heterocycles. The molecule has 1 aromatic heterocycles. The summed E-state index contributed by atoms with van der Waals surface area (Å²) in [6, 6.07) is 9.73. The monoisotopic (exact) mass is 378 g/mol. The van der Waals surface area contributed by atoms with Crippen LogP contribution in [0.3, 0.4) is 0 Å². The second-order valence-corrected chi connectivity index (χ2v) is 6.03. The molecule has 0 spiro atoms. The lowest BCUT2D eigenvalue weighted by molar-refractivity contribution is 0.925.